The minimum Gasteiger partial charge on any atom is -0.316 e. The van der Waals surface area contributed by atoms with E-state index in [1.165, 1.54) is 6.07 Å². The molecule has 1 aliphatic rings. The molecule has 0 saturated carbocycles. The van der Waals surface area contributed by atoms with Gasteiger partial charge in [-0.05, 0) is 44.1 Å². The van der Waals surface area contributed by atoms with Gasteiger partial charge in [-0.1, -0.05) is 6.07 Å². The second-order valence-electron chi connectivity index (χ2n) is 5.17. The van der Waals surface area contributed by atoms with Crippen LogP contribution in [0.3, 0.4) is 0 Å². The summed E-state index contributed by atoms with van der Waals surface area (Å²) in [4.78, 5) is 2.10. The van der Waals surface area contributed by atoms with E-state index in [4.69, 9.17) is 0 Å². The highest BCUT2D eigenvalue weighted by Crippen LogP contribution is 2.32. The van der Waals surface area contributed by atoms with Crippen LogP contribution in [-0.2, 0) is 12.7 Å². The fourth-order valence-corrected chi connectivity index (χ4v) is 2.58. The van der Waals surface area contributed by atoms with E-state index in [1.807, 2.05) is 7.05 Å². The number of nitrogens with zero attached hydrogens (tertiary/aromatic N) is 1. The fraction of sp³-hybridized carbons (Fsp3) is 0.571. The van der Waals surface area contributed by atoms with Gasteiger partial charge < -0.3 is 5.32 Å². The van der Waals surface area contributed by atoms with E-state index in [-0.39, 0.29) is 0 Å². The average Bonchev–Trinajstić information content (AvgIpc) is 2.40. The van der Waals surface area contributed by atoms with Crippen LogP contribution in [-0.4, -0.2) is 31.1 Å². The van der Waals surface area contributed by atoms with Crippen molar-refractivity contribution in [2.45, 2.75) is 31.6 Å². The summed E-state index contributed by atoms with van der Waals surface area (Å²) in [6.07, 6.45) is -2.56. The van der Waals surface area contributed by atoms with Crippen LogP contribution in [0.1, 0.15) is 24.0 Å². The molecule has 2 nitrogen and oxygen atoms in total. The highest BCUT2D eigenvalue weighted by molar-refractivity contribution is 5.27. The lowest BCUT2D eigenvalue weighted by Gasteiger charge is -2.32. The van der Waals surface area contributed by atoms with Gasteiger partial charge in [-0.2, -0.15) is 13.2 Å². The molecule has 112 valence electrons. The zero-order valence-corrected chi connectivity index (χ0v) is 11.3. The van der Waals surface area contributed by atoms with Crippen LogP contribution in [0.25, 0.3) is 0 Å². The quantitative estimate of drug-likeness (QED) is 0.861. The Balaban J connectivity index is 2.10. The number of nitrogens with one attached hydrogen (secondary N) is 1. The minimum absolute atomic E-state index is 0.367. The summed E-state index contributed by atoms with van der Waals surface area (Å²) in [5.41, 5.74) is -0.687. The SMILES string of the molecule is CNC1CCCN(Cc2ccc(F)c(C(F)(F)F)c2)C1. The summed E-state index contributed by atoms with van der Waals surface area (Å²) in [5.74, 6) is -1.21. The summed E-state index contributed by atoms with van der Waals surface area (Å²) >= 11 is 0. The molecule has 1 atom stereocenters. The molecule has 6 heteroatoms. The summed E-state index contributed by atoms with van der Waals surface area (Å²) in [6.45, 7) is 2.08. The predicted molar refractivity (Wildman–Crippen MR) is 68.8 cm³/mol. The van der Waals surface area contributed by atoms with Gasteiger partial charge in [0.05, 0.1) is 5.56 Å². The third-order valence-corrected chi connectivity index (χ3v) is 3.66. The first-order valence-corrected chi connectivity index (χ1v) is 6.65. The number of rotatable bonds is 3. The molecule has 0 spiro atoms. The van der Waals surface area contributed by atoms with Gasteiger partial charge in [-0.3, -0.25) is 4.90 Å². The number of benzene rings is 1. The van der Waals surface area contributed by atoms with E-state index in [0.29, 0.717) is 18.2 Å². The summed E-state index contributed by atoms with van der Waals surface area (Å²) in [5, 5.41) is 3.18. The van der Waals surface area contributed by atoms with Crippen LogP contribution >= 0.6 is 0 Å². The van der Waals surface area contributed by atoms with E-state index in [0.717, 1.165) is 38.1 Å². The number of hydrogen-bond donors (Lipinski definition) is 1. The lowest BCUT2D eigenvalue weighted by molar-refractivity contribution is -0.140. The predicted octanol–water partition coefficient (Wildman–Crippen LogP) is 3.03. The van der Waals surface area contributed by atoms with Gasteiger partial charge in [-0.15, -0.1) is 0 Å². The number of hydrogen-bond acceptors (Lipinski definition) is 2. The zero-order valence-electron chi connectivity index (χ0n) is 11.3. The zero-order chi connectivity index (χ0) is 14.8. The molecule has 2 rings (SSSR count). The van der Waals surface area contributed by atoms with Gasteiger partial charge in [-0.25, -0.2) is 4.39 Å². The van der Waals surface area contributed by atoms with Crippen LogP contribution in [0.5, 0.6) is 0 Å². The first-order valence-electron chi connectivity index (χ1n) is 6.65. The van der Waals surface area contributed by atoms with Gasteiger partial charge in [0.2, 0.25) is 0 Å². The van der Waals surface area contributed by atoms with E-state index in [2.05, 4.69) is 10.2 Å². The van der Waals surface area contributed by atoms with Crippen LogP contribution in [0.15, 0.2) is 18.2 Å². The molecule has 1 N–H and O–H groups in total. The number of likely N-dealkylation sites (N-methyl/N-ethyl adjacent to an activating group) is 1. The Morgan fingerprint density at radius 2 is 2.10 bits per heavy atom. The van der Waals surface area contributed by atoms with Crippen molar-refractivity contribution in [2.24, 2.45) is 0 Å². The molecular weight excluding hydrogens is 272 g/mol. The third-order valence-electron chi connectivity index (χ3n) is 3.66. The lowest BCUT2D eigenvalue weighted by Crippen LogP contribution is -2.43. The molecule has 1 fully saturated rings. The Morgan fingerprint density at radius 3 is 2.75 bits per heavy atom. The van der Waals surface area contributed by atoms with Crippen molar-refractivity contribution >= 4 is 0 Å². The Morgan fingerprint density at radius 1 is 1.35 bits per heavy atom. The summed E-state index contributed by atoms with van der Waals surface area (Å²) < 4.78 is 51.2. The highest BCUT2D eigenvalue weighted by atomic mass is 19.4. The van der Waals surface area contributed by atoms with Crippen molar-refractivity contribution in [2.75, 3.05) is 20.1 Å². The van der Waals surface area contributed by atoms with E-state index >= 15 is 0 Å². The maximum Gasteiger partial charge on any atom is 0.419 e. The van der Waals surface area contributed by atoms with Crippen molar-refractivity contribution in [3.63, 3.8) is 0 Å². The maximum absolute atomic E-state index is 13.2. The van der Waals surface area contributed by atoms with Gasteiger partial charge in [0.1, 0.15) is 5.82 Å². The molecule has 1 aromatic rings. The molecule has 1 aliphatic heterocycles. The highest BCUT2D eigenvalue weighted by Gasteiger charge is 2.34. The molecule has 0 aliphatic carbocycles. The number of likely N-dealkylation sites (tertiary alicyclic amines) is 1. The fourth-order valence-electron chi connectivity index (χ4n) is 2.58. The molecule has 0 aromatic heterocycles. The second kappa shape index (κ2) is 6.10. The number of halogens is 4. The Kier molecular flexibility index (Phi) is 4.65. The largest absolute Gasteiger partial charge is 0.419 e. The van der Waals surface area contributed by atoms with Crippen molar-refractivity contribution in [1.29, 1.82) is 0 Å². The average molecular weight is 290 g/mol. The monoisotopic (exact) mass is 290 g/mol. The Labute approximate surface area is 115 Å². The summed E-state index contributed by atoms with van der Waals surface area (Å²) in [7, 11) is 1.88. The van der Waals surface area contributed by atoms with E-state index < -0.39 is 17.6 Å². The molecular formula is C14H18F4N2. The molecule has 20 heavy (non-hydrogen) atoms. The molecule has 0 radical (unpaired) electrons. The minimum atomic E-state index is -4.64. The molecule has 1 aromatic carbocycles. The van der Waals surface area contributed by atoms with Gasteiger partial charge in [0.15, 0.2) is 0 Å². The Bertz CT molecular complexity index is 459. The summed E-state index contributed by atoms with van der Waals surface area (Å²) in [6, 6.07) is 3.61. The van der Waals surface area contributed by atoms with Gasteiger partial charge >= 0.3 is 6.18 Å². The maximum atomic E-state index is 13.2. The standard InChI is InChI=1S/C14H18F4N2/c1-19-11-3-2-6-20(9-11)8-10-4-5-13(15)12(7-10)14(16,17)18/h4-5,7,11,19H,2-3,6,8-9H2,1H3. The molecule has 0 amide bonds. The van der Waals surface area contributed by atoms with Crippen molar-refractivity contribution < 1.29 is 17.6 Å². The third kappa shape index (κ3) is 3.70. The lowest BCUT2D eigenvalue weighted by atomic mass is 10.0. The van der Waals surface area contributed by atoms with Crippen LogP contribution in [0, 0.1) is 5.82 Å². The first-order chi connectivity index (χ1) is 9.40. The molecule has 0 bridgehead atoms. The van der Waals surface area contributed by atoms with Crippen LogP contribution in [0.4, 0.5) is 17.6 Å². The van der Waals surface area contributed by atoms with Crippen LogP contribution in [0.2, 0.25) is 0 Å². The van der Waals surface area contributed by atoms with Crippen molar-refractivity contribution in [1.82, 2.24) is 10.2 Å². The van der Waals surface area contributed by atoms with Crippen LogP contribution < -0.4 is 5.32 Å². The van der Waals surface area contributed by atoms with Gasteiger partial charge in [0, 0.05) is 19.1 Å². The van der Waals surface area contributed by atoms with Crippen molar-refractivity contribution in [3.8, 4) is 0 Å². The topological polar surface area (TPSA) is 15.3 Å². The van der Waals surface area contributed by atoms with Crippen molar-refractivity contribution in [3.05, 3.63) is 35.1 Å². The molecule has 1 saturated heterocycles. The number of alkyl halides is 3. The second-order valence-corrected chi connectivity index (χ2v) is 5.17. The molecule has 1 heterocycles. The Hall–Kier alpha value is -1.14. The molecule has 1 unspecified atom stereocenters. The normalized spacial score (nSPS) is 21.1. The van der Waals surface area contributed by atoms with Gasteiger partial charge in [0.25, 0.3) is 0 Å². The number of piperidine rings is 1. The first kappa shape index (κ1) is 15.3. The van der Waals surface area contributed by atoms with E-state index in [1.54, 1.807) is 0 Å². The smallest absolute Gasteiger partial charge is 0.316 e. The van der Waals surface area contributed by atoms with E-state index in [9.17, 15) is 17.6 Å².